The van der Waals surface area contributed by atoms with E-state index in [9.17, 15) is 9.90 Å². The molecule has 20 heavy (non-hydrogen) atoms. The van der Waals surface area contributed by atoms with E-state index in [2.05, 4.69) is 4.90 Å². The van der Waals surface area contributed by atoms with Crippen molar-refractivity contribution in [1.82, 2.24) is 9.80 Å². The fourth-order valence-corrected chi connectivity index (χ4v) is 2.53. The minimum absolute atomic E-state index is 0.120. The lowest BCUT2D eigenvalue weighted by Gasteiger charge is -2.35. The maximum absolute atomic E-state index is 11.3. The summed E-state index contributed by atoms with van der Waals surface area (Å²) in [7, 11) is 1.61. The Kier molecular flexibility index (Phi) is 4.98. The molecule has 1 aliphatic heterocycles. The average molecular weight is 278 g/mol. The van der Waals surface area contributed by atoms with Crippen LogP contribution in [0.5, 0.6) is 5.75 Å². The molecule has 1 heterocycles. The second-order valence-electron chi connectivity index (χ2n) is 5.06. The van der Waals surface area contributed by atoms with Gasteiger partial charge in [-0.3, -0.25) is 9.69 Å². The maximum atomic E-state index is 11.3. The number of piperazine rings is 1. The number of hydrogen-bond donors (Lipinski definition) is 1. The van der Waals surface area contributed by atoms with Gasteiger partial charge in [0.05, 0.1) is 13.2 Å². The molecule has 1 N–H and O–H groups in total. The molecule has 0 saturated carbocycles. The van der Waals surface area contributed by atoms with Crippen molar-refractivity contribution < 1.29 is 14.6 Å². The minimum Gasteiger partial charge on any atom is -0.496 e. The van der Waals surface area contributed by atoms with E-state index >= 15 is 0 Å². The van der Waals surface area contributed by atoms with Crippen molar-refractivity contribution in [2.45, 2.75) is 13.0 Å². The van der Waals surface area contributed by atoms with E-state index in [-0.39, 0.29) is 5.91 Å². The van der Waals surface area contributed by atoms with Crippen molar-refractivity contribution in [2.24, 2.45) is 0 Å². The van der Waals surface area contributed by atoms with Gasteiger partial charge in [0.15, 0.2) is 0 Å². The molecule has 2 rings (SSSR count). The molecule has 5 nitrogen and oxygen atoms in total. The largest absolute Gasteiger partial charge is 0.496 e. The Morgan fingerprint density at radius 3 is 2.55 bits per heavy atom. The molecule has 1 aromatic carbocycles. The second kappa shape index (κ2) is 6.72. The summed E-state index contributed by atoms with van der Waals surface area (Å²) >= 11 is 0. The monoisotopic (exact) mass is 278 g/mol. The molecule has 1 aliphatic rings. The van der Waals surface area contributed by atoms with Gasteiger partial charge in [-0.1, -0.05) is 18.2 Å². The molecule has 0 aliphatic carbocycles. The van der Waals surface area contributed by atoms with Crippen molar-refractivity contribution in [3.63, 3.8) is 0 Å². The lowest BCUT2D eigenvalue weighted by atomic mass is 10.1. The molecule has 110 valence electrons. The first-order valence-electron chi connectivity index (χ1n) is 6.90. The molecule has 1 aromatic rings. The predicted octanol–water partition coefficient (Wildman–Crippen LogP) is 0.893. The first-order chi connectivity index (χ1) is 9.61. The van der Waals surface area contributed by atoms with Crippen LogP contribution in [0.15, 0.2) is 24.3 Å². The van der Waals surface area contributed by atoms with Gasteiger partial charge in [-0.15, -0.1) is 0 Å². The first-order valence-corrected chi connectivity index (χ1v) is 6.90. The minimum atomic E-state index is -0.574. The zero-order valence-corrected chi connectivity index (χ0v) is 12.1. The summed E-state index contributed by atoms with van der Waals surface area (Å²) in [5.74, 6) is 0.831. The summed E-state index contributed by atoms with van der Waals surface area (Å²) < 4.78 is 5.27. The molecule has 1 fully saturated rings. The van der Waals surface area contributed by atoms with Crippen LogP contribution in [-0.2, 0) is 4.79 Å². The Morgan fingerprint density at radius 1 is 1.30 bits per heavy atom. The van der Waals surface area contributed by atoms with Gasteiger partial charge in [-0.25, -0.2) is 0 Å². The van der Waals surface area contributed by atoms with E-state index in [1.807, 2.05) is 29.2 Å². The number of carbonyl (C=O) groups excluding carboxylic acids is 1. The van der Waals surface area contributed by atoms with Gasteiger partial charge < -0.3 is 14.7 Å². The van der Waals surface area contributed by atoms with Gasteiger partial charge in [0.25, 0.3) is 0 Å². The van der Waals surface area contributed by atoms with Crippen molar-refractivity contribution in [2.75, 3.05) is 39.8 Å². The van der Waals surface area contributed by atoms with Crippen LogP contribution in [-0.4, -0.2) is 60.6 Å². The third-order valence-electron chi connectivity index (χ3n) is 3.75. The maximum Gasteiger partial charge on any atom is 0.219 e. The summed E-state index contributed by atoms with van der Waals surface area (Å²) in [6, 6.07) is 7.52. The number of para-hydroxylation sites is 1. The highest BCUT2D eigenvalue weighted by Gasteiger charge is 2.22. The Bertz CT molecular complexity index is 456. The third kappa shape index (κ3) is 3.49. The number of amides is 1. The number of benzene rings is 1. The van der Waals surface area contributed by atoms with Gasteiger partial charge in [0, 0.05) is 45.2 Å². The fraction of sp³-hybridized carbons (Fsp3) is 0.533. The quantitative estimate of drug-likeness (QED) is 0.889. The van der Waals surface area contributed by atoms with Gasteiger partial charge in [0.1, 0.15) is 5.75 Å². The van der Waals surface area contributed by atoms with Gasteiger partial charge in [-0.05, 0) is 6.07 Å². The van der Waals surface area contributed by atoms with E-state index in [4.69, 9.17) is 4.74 Å². The average Bonchev–Trinajstić information content (AvgIpc) is 2.47. The topological polar surface area (TPSA) is 53.0 Å². The summed E-state index contributed by atoms with van der Waals surface area (Å²) in [6.45, 7) is 5.21. The SMILES string of the molecule is COc1ccccc1C(O)CN1CCN(C(C)=O)CC1. The molecule has 1 unspecified atom stereocenters. The molecule has 0 bridgehead atoms. The Labute approximate surface area is 119 Å². The van der Waals surface area contributed by atoms with Gasteiger partial charge >= 0.3 is 0 Å². The number of ether oxygens (including phenoxy) is 1. The number of nitrogens with zero attached hydrogens (tertiary/aromatic N) is 2. The number of methoxy groups -OCH3 is 1. The Morgan fingerprint density at radius 2 is 1.95 bits per heavy atom. The highest BCUT2D eigenvalue weighted by atomic mass is 16.5. The summed E-state index contributed by atoms with van der Waals surface area (Å²) in [6.07, 6.45) is -0.574. The molecule has 0 aromatic heterocycles. The smallest absolute Gasteiger partial charge is 0.219 e. The number of hydrogen-bond acceptors (Lipinski definition) is 4. The van der Waals surface area contributed by atoms with Crippen LogP contribution in [0.2, 0.25) is 0 Å². The van der Waals surface area contributed by atoms with Crippen molar-refractivity contribution in [3.05, 3.63) is 29.8 Å². The highest BCUT2D eigenvalue weighted by Crippen LogP contribution is 2.25. The molecule has 1 atom stereocenters. The molecule has 5 heteroatoms. The van der Waals surface area contributed by atoms with Crippen LogP contribution in [0.1, 0.15) is 18.6 Å². The van der Waals surface area contributed by atoms with Crippen molar-refractivity contribution in [3.8, 4) is 5.75 Å². The molecular formula is C15H22N2O3. The number of β-amino-alcohol motifs (C(OH)–C–C–N with tert-alkyl or cyclic N) is 1. The van der Waals surface area contributed by atoms with Crippen LogP contribution in [0.4, 0.5) is 0 Å². The van der Waals surface area contributed by atoms with Gasteiger partial charge in [0.2, 0.25) is 5.91 Å². The van der Waals surface area contributed by atoms with Crippen LogP contribution >= 0.6 is 0 Å². The van der Waals surface area contributed by atoms with E-state index < -0.39 is 6.10 Å². The number of aliphatic hydroxyl groups is 1. The first kappa shape index (κ1) is 14.8. The summed E-state index contributed by atoms with van der Waals surface area (Å²) in [4.78, 5) is 15.3. The highest BCUT2D eigenvalue weighted by molar-refractivity contribution is 5.73. The molecule has 1 amide bonds. The van der Waals surface area contributed by atoms with E-state index in [0.29, 0.717) is 12.3 Å². The summed E-state index contributed by atoms with van der Waals surface area (Å²) in [5, 5.41) is 10.4. The van der Waals surface area contributed by atoms with Crippen molar-refractivity contribution in [1.29, 1.82) is 0 Å². The fourth-order valence-electron chi connectivity index (χ4n) is 2.53. The zero-order chi connectivity index (χ0) is 14.5. The zero-order valence-electron chi connectivity index (χ0n) is 12.1. The van der Waals surface area contributed by atoms with Gasteiger partial charge in [-0.2, -0.15) is 0 Å². The Balaban J connectivity index is 1.92. The molecule has 1 saturated heterocycles. The number of aliphatic hydroxyl groups excluding tert-OH is 1. The van der Waals surface area contributed by atoms with Crippen molar-refractivity contribution >= 4 is 5.91 Å². The van der Waals surface area contributed by atoms with E-state index in [1.54, 1.807) is 14.0 Å². The number of carbonyl (C=O) groups is 1. The standard InChI is InChI=1S/C15H22N2O3/c1-12(18)17-9-7-16(8-10-17)11-14(19)13-5-3-4-6-15(13)20-2/h3-6,14,19H,7-11H2,1-2H3. The molecule has 0 spiro atoms. The lowest BCUT2D eigenvalue weighted by molar-refractivity contribution is -0.130. The third-order valence-corrected chi connectivity index (χ3v) is 3.75. The van der Waals surface area contributed by atoms with E-state index in [1.165, 1.54) is 0 Å². The van der Waals surface area contributed by atoms with Crippen LogP contribution in [0, 0.1) is 0 Å². The van der Waals surface area contributed by atoms with E-state index in [0.717, 1.165) is 31.7 Å². The summed E-state index contributed by atoms with van der Waals surface area (Å²) in [5.41, 5.74) is 0.809. The predicted molar refractivity (Wildman–Crippen MR) is 76.6 cm³/mol. The second-order valence-corrected chi connectivity index (χ2v) is 5.06. The van der Waals surface area contributed by atoms with Crippen LogP contribution in [0.25, 0.3) is 0 Å². The lowest BCUT2D eigenvalue weighted by Crippen LogP contribution is -2.48. The molecule has 0 radical (unpaired) electrons. The van der Waals surface area contributed by atoms with Crippen LogP contribution in [0.3, 0.4) is 0 Å². The number of rotatable bonds is 4. The van der Waals surface area contributed by atoms with Crippen LogP contribution < -0.4 is 4.74 Å². The Hall–Kier alpha value is -1.59. The normalized spacial score (nSPS) is 17.9. The molecular weight excluding hydrogens is 256 g/mol.